The zero-order valence-electron chi connectivity index (χ0n) is 10.8. The molecule has 0 saturated carbocycles. The lowest BCUT2D eigenvalue weighted by Crippen LogP contribution is -2.56. The van der Waals surface area contributed by atoms with E-state index in [9.17, 15) is 4.79 Å². The van der Waals surface area contributed by atoms with Gasteiger partial charge in [0.2, 0.25) is 5.91 Å². The van der Waals surface area contributed by atoms with E-state index in [1.807, 2.05) is 29.2 Å². The number of rotatable bonds is 2. The molecule has 1 saturated heterocycles. The summed E-state index contributed by atoms with van der Waals surface area (Å²) in [6.45, 7) is 5.84. The SMILES string of the molecule is C[C@H]1CN(C(=O)Cc2ccccc2Br)C[C@H](C)N1. The Hall–Kier alpha value is -0.870. The van der Waals surface area contributed by atoms with Crippen LogP contribution in [0, 0.1) is 0 Å². The molecule has 3 nitrogen and oxygen atoms in total. The van der Waals surface area contributed by atoms with Crippen molar-refractivity contribution >= 4 is 21.8 Å². The van der Waals surface area contributed by atoms with Crippen molar-refractivity contribution in [3.8, 4) is 0 Å². The monoisotopic (exact) mass is 310 g/mol. The molecule has 2 rings (SSSR count). The zero-order valence-corrected chi connectivity index (χ0v) is 12.4. The van der Waals surface area contributed by atoms with Crippen LogP contribution in [0.1, 0.15) is 19.4 Å². The van der Waals surface area contributed by atoms with Crippen molar-refractivity contribution in [1.82, 2.24) is 10.2 Å². The van der Waals surface area contributed by atoms with Gasteiger partial charge >= 0.3 is 0 Å². The molecule has 1 aliphatic heterocycles. The molecule has 1 aromatic rings. The molecule has 1 heterocycles. The van der Waals surface area contributed by atoms with E-state index in [1.165, 1.54) is 0 Å². The number of hydrogen-bond acceptors (Lipinski definition) is 2. The van der Waals surface area contributed by atoms with Crippen LogP contribution >= 0.6 is 15.9 Å². The Labute approximate surface area is 117 Å². The summed E-state index contributed by atoms with van der Waals surface area (Å²) >= 11 is 3.49. The van der Waals surface area contributed by atoms with Gasteiger partial charge in [0.05, 0.1) is 6.42 Å². The number of carbonyl (C=O) groups is 1. The molecule has 1 aromatic carbocycles. The normalized spacial score (nSPS) is 24.1. The number of hydrogen-bond donors (Lipinski definition) is 1. The third-order valence-corrected chi connectivity index (χ3v) is 3.98. The van der Waals surface area contributed by atoms with Crippen LogP contribution in [0.5, 0.6) is 0 Å². The van der Waals surface area contributed by atoms with Crippen LogP contribution in [0.15, 0.2) is 28.7 Å². The van der Waals surface area contributed by atoms with Crippen molar-refractivity contribution in [3.05, 3.63) is 34.3 Å². The second-order valence-corrected chi connectivity index (χ2v) is 5.89. The van der Waals surface area contributed by atoms with Gasteiger partial charge in [-0.2, -0.15) is 0 Å². The van der Waals surface area contributed by atoms with Crippen molar-refractivity contribution in [3.63, 3.8) is 0 Å². The average molecular weight is 311 g/mol. The van der Waals surface area contributed by atoms with Crippen LogP contribution in [0.2, 0.25) is 0 Å². The molecule has 0 unspecified atom stereocenters. The average Bonchev–Trinajstić information content (AvgIpc) is 2.31. The fourth-order valence-electron chi connectivity index (χ4n) is 2.45. The molecular weight excluding hydrogens is 292 g/mol. The van der Waals surface area contributed by atoms with Crippen molar-refractivity contribution < 1.29 is 4.79 Å². The topological polar surface area (TPSA) is 32.3 Å². The second kappa shape index (κ2) is 5.85. The lowest BCUT2D eigenvalue weighted by molar-refractivity contribution is -0.132. The fraction of sp³-hybridized carbons (Fsp3) is 0.500. The number of piperazine rings is 1. The molecule has 0 radical (unpaired) electrons. The number of amides is 1. The largest absolute Gasteiger partial charge is 0.339 e. The van der Waals surface area contributed by atoms with Gasteiger partial charge in [-0.25, -0.2) is 0 Å². The third-order valence-electron chi connectivity index (χ3n) is 3.21. The van der Waals surface area contributed by atoms with Crippen molar-refractivity contribution in [2.45, 2.75) is 32.4 Å². The number of benzene rings is 1. The first-order valence-electron chi connectivity index (χ1n) is 6.33. The highest BCUT2D eigenvalue weighted by Gasteiger charge is 2.24. The van der Waals surface area contributed by atoms with E-state index in [4.69, 9.17) is 0 Å². The van der Waals surface area contributed by atoms with Gasteiger partial charge in [0.1, 0.15) is 0 Å². The van der Waals surface area contributed by atoms with Gasteiger partial charge in [0.15, 0.2) is 0 Å². The minimum Gasteiger partial charge on any atom is -0.339 e. The van der Waals surface area contributed by atoms with Gasteiger partial charge < -0.3 is 10.2 Å². The van der Waals surface area contributed by atoms with Crippen molar-refractivity contribution in [2.24, 2.45) is 0 Å². The maximum absolute atomic E-state index is 12.3. The highest BCUT2D eigenvalue weighted by Crippen LogP contribution is 2.17. The number of carbonyl (C=O) groups excluding carboxylic acids is 1. The minimum atomic E-state index is 0.210. The van der Waals surface area contributed by atoms with Gasteiger partial charge in [-0.05, 0) is 25.5 Å². The summed E-state index contributed by atoms with van der Waals surface area (Å²) in [6.07, 6.45) is 0.473. The summed E-state index contributed by atoms with van der Waals surface area (Å²) in [7, 11) is 0. The summed E-state index contributed by atoms with van der Waals surface area (Å²) in [5.41, 5.74) is 1.06. The first kappa shape index (κ1) is 13.6. The summed E-state index contributed by atoms with van der Waals surface area (Å²) in [5.74, 6) is 0.210. The molecule has 1 N–H and O–H groups in total. The van der Waals surface area contributed by atoms with Crippen LogP contribution in [0.3, 0.4) is 0 Å². The van der Waals surface area contributed by atoms with Crippen LogP contribution in [0.4, 0.5) is 0 Å². The zero-order chi connectivity index (χ0) is 13.1. The van der Waals surface area contributed by atoms with Crippen LogP contribution in [-0.4, -0.2) is 36.0 Å². The summed E-state index contributed by atoms with van der Waals surface area (Å²) in [5, 5.41) is 3.44. The van der Waals surface area contributed by atoms with Gasteiger partial charge in [0.25, 0.3) is 0 Å². The smallest absolute Gasteiger partial charge is 0.227 e. The van der Waals surface area contributed by atoms with E-state index in [-0.39, 0.29) is 5.91 Å². The Bertz CT molecular complexity index is 426. The molecule has 98 valence electrons. The van der Waals surface area contributed by atoms with Gasteiger partial charge in [-0.3, -0.25) is 4.79 Å². The quantitative estimate of drug-likeness (QED) is 0.908. The standard InChI is InChI=1S/C14H19BrN2O/c1-10-8-17(9-11(2)16-10)14(18)7-12-5-3-4-6-13(12)15/h3-6,10-11,16H,7-9H2,1-2H3/t10-,11-/m0/s1. The predicted octanol–water partition coefficient (Wildman–Crippen LogP) is 2.20. The predicted molar refractivity (Wildman–Crippen MR) is 76.5 cm³/mol. The minimum absolute atomic E-state index is 0.210. The van der Waals surface area contributed by atoms with Gasteiger partial charge in [-0.15, -0.1) is 0 Å². The van der Waals surface area contributed by atoms with Gasteiger partial charge in [0, 0.05) is 29.6 Å². The Kier molecular flexibility index (Phi) is 4.40. The van der Waals surface area contributed by atoms with E-state index in [1.54, 1.807) is 0 Å². The van der Waals surface area contributed by atoms with Crippen LogP contribution in [0.25, 0.3) is 0 Å². The first-order chi connectivity index (χ1) is 8.56. The van der Waals surface area contributed by atoms with E-state index in [0.29, 0.717) is 18.5 Å². The molecule has 0 aliphatic carbocycles. The molecule has 0 bridgehead atoms. The van der Waals surface area contributed by atoms with Crippen LogP contribution < -0.4 is 5.32 Å². The third kappa shape index (κ3) is 3.33. The number of nitrogens with zero attached hydrogens (tertiary/aromatic N) is 1. The summed E-state index contributed by atoms with van der Waals surface area (Å²) in [6, 6.07) is 8.65. The maximum Gasteiger partial charge on any atom is 0.227 e. The highest BCUT2D eigenvalue weighted by atomic mass is 79.9. The Balaban J connectivity index is 2.02. The lowest BCUT2D eigenvalue weighted by atomic mass is 10.1. The van der Waals surface area contributed by atoms with Crippen molar-refractivity contribution in [2.75, 3.05) is 13.1 Å². The molecule has 0 spiro atoms. The fourth-order valence-corrected chi connectivity index (χ4v) is 2.87. The maximum atomic E-state index is 12.3. The lowest BCUT2D eigenvalue weighted by Gasteiger charge is -2.36. The van der Waals surface area contributed by atoms with Crippen LogP contribution in [-0.2, 0) is 11.2 Å². The molecule has 18 heavy (non-hydrogen) atoms. The molecule has 4 heteroatoms. The molecule has 1 amide bonds. The number of halogens is 1. The molecule has 1 aliphatic rings. The molecule has 0 aromatic heterocycles. The molecule has 1 fully saturated rings. The highest BCUT2D eigenvalue weighted by molar-refractivity contribution is 9.10. The van der Waals surface area contributed by atoms with Crippen molar-refractivity contribution in [1.29, 1.82) is 0 Å². The summed E-state index contributed by atoms with van der Waals surface area (Å²) < 4.78 is 1.01. The van der Waals surface area contributed by atoms with Gasteiger partial charge in [-0.1, -0.05) is 34.1 Å². The van der Waals surface area contributed by atoms with E-state index in [0.717, 1.165) is 23.1 Å². The summed E-state index contributed by atoms with van der Waals surface area (Å²) in [4.78, 5) is 14.3. The second-order valence-electron chi connectivity index (χ2n) is 5.04. The Morgan fingerprint density at radius 3 is 2.56 bits per heavy atom. The first-order valence-corrected chi connectivity index (χ1v) is 7.13. The van der Waals surface area contributed by atoms with E-state index >= 15 is 0 Å². The number of nitrogens with one attached hydrogen (secondary N) is 1. The van der Waals surface area contributed by atoms with E-state index < -0.39 is 0 Å². The molecular formula is C14H19BrN2O. The molecule has 2 atom stereocenters. The Morgan fingerprint density at radius 1 is 1.33 bits per heavy atom. The Morgan fingerprint density at radius 2 is 1.94 bits per heavy atom. The van der Waals surface area contributed by atoms with E-state index in [2.05, 4.69) is 35.1 Å².